The quantitative estimate of drug-likeness (QED) is 0.933. The van der Waals surface area contributed by atoms with E-state index >= 15 is 0 Å². The Morgan fingerprint density at radius 3 is 2.25 bits per heavy atom. The molecule has 1 aliphatic carbocycles. The van der Waals surface area contributed by atoms with Gasteiger partial charge >= 0.3 is 5.97 Å². The van der Waals surface area contributed by atoms with Crippen LogP contribution in [-0.2, 0) is 0 Å². The summed E-state index contributed by atoms with van der Waals surface area (Å²) in [5.74, 6) is -4.25. The van der Waals surface area contributed by atoms with E-state index in [-0.39, 0.29) is 17.4 Å². The molecule has 1 saturated carbocycles. The van der Waals surface area contributed by atoms with Crippen molar-refractivity contribution in [2.45, 2.75) is 18.9 Å². The Hall–Kier alpha value is -2.24. The Morgan fingerprint density at radius 2 is 1.75 bits per heavy atom. The van der Waals surface area contributed by atoms with Crippen LogP contribution >= 0.6 is 0 Å². The van der Waals surface area contributed by atoms with E-state index in [1.54, 1.807) is 0 Å². The molecule has 0 bridgehead atoms. The van der Waals surface area contributed by atoms with E-state index in [4.69, 9.17) is 5.11 Å². The van der Waals surface area contributed by atoms with Gasteiger partial charge in [0.05, 0.1) is 11.3 Å². The van der Waals surface area contributed by atoms with Gasteiger partial charge in [0.25, 0.3) is 0 Å². The molecule has 6 heteroatoms. The average Bonchev–Trinajstić information content (AvgIpc) is 3.08. The zero-order valence-corrected chi connectivity index (χ0v) is 10.2. The topological polar surface area (TPSA) is 42.2 Å². The Morgan fingerprint density at radius 1 is 1.15 bits per heavy atom. The molecule has 0 amide bonds. The molecule has 1 aromatic heterocycles. The van der Waals surface area contributed by atoms with E-state index in [2.05, 4.69) is 0 Å². The Bertz CT molecular complexity index is 681. The number of aromatic carboxylic acids is 1. The first-order valence-electron chi connectivity index (χ1n) is 6.08. The zero-order chi connectivity index (χ0) is 14.4. The van der Waals surface area contributed by atoms with Gasteiger partial charge in [0, 0.05) is 18.2 Å². The summed E-state index contributed by atoms with van der Waals surface area (Å²) in [6.45, 7) is 0. The van der Waals surface area contributed by atoms with Crippen LogP contribution in [-0.4, -0.2) is 15.6 Å². The lowest BCUT2D eigenvalue weighted by Crippen LogP contribution is -2.09. The van der Waals surface area contributed by atoms with Crippen molar-refractivity contribution in [3.63, 3.8) is 0 Å². The molecule has 0 atom stereocenters. The van der Waals surface area contributed by atoms with Crippen molar-refractivity contribution in [2.75, 3.05) is 0 Å². The first kappa shape index (κ1) is 12.8. The van der Waals surface area contributed by atoms with Crippen LogP contribution in [0, 0.1) is 17.5 Å². The number of carboxylic acid groups (broad SMARTS) is 1. The summed E-state index contributed by atoms with van der Waals surface area (Å²) in [4.78, 5) is 11.2. The van der Waals surface area contributed by atoms with Gasteiger partial charge in [0.15, 0.2) is 0 Å². The van der Waals surface area contributed by atoms with Gasteiger partial charge in [-0.25, -0.2) is 18.0 Å². The summed E-state index contributed by atoms with van der Waals surface area (Å²) in [6.07, 6.45) is 1.51. The first-order chi connectivity index (χ1) is 9.49. The highest BCUT2D eigenvalue weighted by Crippen LogP contribution is 2.41. The van der Waals surface area contributed by atoms with Gasteiger partial charge in [-0.15, -0.1) is 0 Å². The Kier molecular flexibility index (Phi) is 2.81. The first-order valence-corrected chi connectivity index (χ1v) is 6.08. The number of benzene rings is 1. The minimum absolute atomic E-state index is 0.0226. The monoisotopic (exact) mass is 281 g/mol. The molecule has 0 aliphatic heterocycles. The number of halogens is 3. The number of hydrogen-bond acceptors (Lipinski definition) is 1. The van der Waals surface area contributed by atoms with Crippen molar-refractivity contribution in [3.05, 3.63) is 47.4 Å². The second-order valence-electron chi connectivity index (χ2n) is 4.75. The Labute approximate surface area is 112 Å². The lowest BCUT2D eigenvalue weighted by molar-refractivity contribution is 0.0685. The van der Waals surface area contributed by atoms with Crippen molar-refractivity contribution in [1.29, 1.82) is 0 Å². The molecule has 0 radical (unpaired) electrons. The highest BCUT2D eigenvalue weighted by molar-refractivity contribution is 5.87. The van der Waals surface area contributed by atoms with E-state index in [1.807, 2.05) is 0 Å². The third kappa shape index (κ3) is 1.97. The van der Waals surface area contributed by atoms with E-state index < -0.39 is 29.0 Å². The molecular formula is C14H10F3NO2. The number of rotatable bonds is 3. The SMILES string of the molecule is O=C(O)c1ccc(-c2c(F)cc(F)cc2F)n1C1CC1. The van der Waals surface area contributed by atoms with Gasteiger partial charge in [0.2, 0.25) is 0 Å². The van der Waals surface area contributed by atoms with E-state index in [1.165, 1.54) is 16.7 Å². The van der Waals surface area contributed by atoms with Gasteiger partial charge in [0.1, 0.15) is 23.1 Å². The van der Waals surface area contributed by atoms with E-state index in [0.29, 0.717) is 12.1 Å². The molecule has 0 unspecified atom stereocenters. The molecule has 104 valence electrons. The molecule has 1 N–H and O–H groups in total. The molecule has 1 heterocycles. The summed E-state index contributed by atoms with van der Waals surface area (Å²) in [7, 11) is 0. The standard InChI is InChI=1S/C14H10F3NO2/c15-7-5-9(16)13(10(17)6-7)11-3-4-12(14(19)20)18(11)8-1-2-8/h3-6,8H,1-2H2,(H,19,20). The van der Waals surface area contributed by atoms with Crippen LogP contribution in [0.1, 0.15) is 29.4 Å². The smallest absolute Gasteiger partial charge is 0.352 e. The van der Waals surface area contributed by atoms with Crippen LogP contribution < -0.4 is 0 Å². The lowest BCUT2D eigenvalue weighted by Gasteiger charge is -2.12. The third-order valence-corrected chi connectivity index (χ3v) is 3.31. The summed E-state index contributed by atoms with van der Waals surface area (Å²) in [5.41, 5.74) is -0.295. The fourth-order valence-electron chi connectivity index (χ4n) is 2.34. The molecule has 3 nitrogen and oxygen atoms in total. The van der Waals surface area contributed by atoms with Crippen LogP contribution in [0.2, 0.25) is 0 Å². The van der Waals surface area contributed by atoms with Gasteiger partial charge in [-0.1, -0.05) is 0 Å². The largest absolute Gasteiger partial charge is 0.477 e. The predicted molar refractivity (Wildman–Crippen MR) is 65.0 cm³/mol. The van der Waals surface area contributed by atoms with Crippen molar-refractivity contribution in [1.82, 2.24) is 4.57 Å². The number of carboxylic acids is 1. The molecular weight excluding hydrogens is 271 g/mol. The van der Waals surface area contributed by atoms with Crippen molar-refractivity contribution < 1.29 is 23.1 Å². The second kappa shape index (κ2) is 4.40. The molecule has 3 rings (SSSR count). The van der Waals surface area contributed by atoms with Gasteiger partial charge in [-0.3, -0.25) is 0 Å². The summed E-state index contributed by atoms with van der Waals surface area (Å²) in [6, 6.07) is 3.75. The molecule has 20 heavy (non-hydrogen) atoms. The van der Waals surface area contributed by atoms with Crippen molar-refractivity contribution in [2.24, 2.45) is 0 Å². The predicted octanol–water partition coefficient (Wildman–Crippen LogP) is 3.61. The third-order valence-electron chi connectivity index (χ3n) is 3.31. The van der Waals surface area contributed by atoms with Crippen LogP contribution in [0.25, 0.3) is 11.3 Å². The molecule has 1 fully saturated rings. The normalized spacial score (nSPS) is 14.6. The molecule has 2 aromatic rings. The number of aromatic nitrogens is 1. The molecule has 0 spiro atoms. The number of carbonyl (C=O) groups is 1. The minimum atomic E-state index is -1.16. The Balaban J connectivity index is 2.23. The molecule has 1 aliphatic rings. The lowest BCUT2D eigenvalue weighted by atomic mass is 10.1. The van der Waals surface area contributed by atoms with Crippen LogP contribution in [0.5, 0.6) is 0 Å². The van der Waals surface area contributed by atoms with Crippen LogP contribution in [0.4, 0.5) is 13.2 Å². The molecule has 1 aromatic carbocycles. The van der Waals surface area contributed by atoms with Gasteiger partial charge in [-0.2, -0.15) is 0 Å². The summed E-state index contributed by atoms with van der Waals surface area (Å²) < 4.78 is 42.0. The zero-order valence-electron chi connectivity index (χ0n) is 10.2. The summed E-state index contributed by atoms with van der Waals surface area (Å²) >= 11 is 0. The number of nitrogens with zero attached hydrogens (tertiary/aromatic N) is 1. The van der Waals surface area contributed by atoms with Crippen molar-refractivity contribution >= 4 is 5.97 Å². The summed E-state index contributed by atoms with van der Waals surface area (Å²) in [5, 5.41) is 9.12. The maximum atomic E-state index is 13.8. The highest BCUT2D eigenvalue weighted by Gasteiger charge is 2.31. The molecule has 0 saturated heterocycles. The fraction of sp³-hybridized carbons (Fsp3) is 0.214. The fourth-order valence-corrected chi connectivity index (χ4v) is 2.34. The van der Waals surface area contributed by atoms with Crippen LogP contribution in [0.15, 0.2) is 24.3 Å². The van der Waals surface area contributed by atoms with Crippen LogP contribution in [0.3, 0.4) is 0 Å². The van der Waals surface area contributed by atoms with Gasteiger partial charge in [-0.05, 0) is 25.0 Å². The van der Waals surface area contributed by atoms with Crippen molar-refractivity contribution in [3.8, 4) is 11.3 Å². The van der Waals surface area contributed by atoms with Gasteiger partial charge < -0.3 is 9.67 Å². The highest BCUT2D eigenvalue weighted by atomic mass is 19.1. The minimum Gasteiger partial charge on any atom is -0.477 e. The second-order valence-corrected chi connectivity index (χ2v) is 4.75. The average molecular weight is 281 g/mol. The maximum Gasteiger partial charge on any atom is 0.352 e. The van der Waals surface area contributed by atoms with E-state index in [9.17, 15) is 18.0 Å². The number of hydrogen-bond donors (Lipinski definition) is 1. The maximum absolute atomic E-state index is 13.8. The van der Waals surface area contributed by atoms with E-state index in [0.717, 1.165) is 12.8 Å².